The third-order valence-corrected chi connectivity index (χ3v) is 4.43. The maximum Gasteiger partial charge on any atom is 0.256 e. The number of nitrogens with zero attached hydrogens (tertiary/aromatic N) is 3. The Kier molecular flexibility index (Phi) is 5.16. The zero-order valence-electron chi connectivity index (χ0n) is 15.3. The van der Waals surface area contributed by atoms with E-state index in [2.05, 4.69) is 11.9 Å². The van der Waals surface area contributed by atoms with Gasteiger partial charge < -0.3 is 9.80 Å². The van der Waals surface area contributed by atoms with Crippen LogP contribution < -0.4 is 0 Å². The molecule has 2 aliphatic heterocycles. The van der Waals surface area contributed by atoms with Crippen LogP contribution in [0, 0.1) is 0 Å². The quantitative estimate of drug-likeness (QED) is 0.768. The van der Waals surface area contributed by atoms with E-state index in [1.54, 1.807) is 36.2 Å². The lowest BCUT2D eigenvalue weighted by atomic mass is 9.90. The molecule has 1 unspecified atom stereocenters. The Morgan fingerprint density at radius 3 is 2.85 bits per heavy atom. The molecular formula is C21H23N3O2. The minimum absolute atomic E-state index is 0.0185. The second kappa shape index (κ2) is 7.52. The standard InChI is InChI=1S/C21H23N3O2/c1-4-5-6-12-24-14-18(17-10-11-22-19(17)21(24)26)15-8-7-9-16(13-15)20(25)23(2)3/h5-11,13-14,19H,4,12H2,1-3H3/b6-5+. The SMILES string of the molecule is CC/C=C/CN1C=C(c2cccc(C(=O)N(C)C)c2)C2=CC=NC2C1=O. The Hall–Kier alpha value is -2.95. The fourth-order valence-electron chi connectivity index (χ4n) is 3.08. The maximum absolute atomic E-state index is 12.7. The predicted molar refractivity (Wildman–Crippen MR) is 104 cm³/mol. The van der Waals surface area contributed by atoms with Gasteiger partial charge in [-0.2, -0.15) is 0 Å². The van der Waals surface area contributed by atoms with Gasteiger partial charge in [-0.1, -0.05) is 31.2 Å². The topological polar surface area (TPSA) is 53.0 Å². The summed E-state index contributed by atoms with van der Waals surface area (Å²) in [5, 5.41) is 0. The molecule has 0 spiro atoms. The summed E-state index contributed by atoms with van der Waals surface area (Å²) in [6.45, 7) is 2.58. The highest BCUT2D eigenvalue weighted by atomic mass is 16.2. The molecule has 0 saturated carbocycles. The van der Waals surface area contributed by atoms with Crippen molar-refractivity contribution in [1.29, 1.82) is 0 Å². The molecule has 2 heterocycles. The molecule has 0 bridgehead atoms. The molecule has 5 heteroatoms. The minimum atomic E-state index is -0.488. The van der Waals surface area contributed by atoms with E-state index in [-0.39, 0.29) is 11.8 Å². The second-order valence-corrected chi connectivity index (χ2v) is 6.52. The lowest BCUT2D eigenvalue weighted by Gasteiger charge is -2.29. The van der Waals surface area contributed by atoms with Crippen molar-refractivity contribution < 1.29 is 9.59 Å². The van der Waals surface area contributed by atoms with Crippen LogP contribution in [0.2, 0.25) is 0 Å². The van der Waals surface area contributed by atoms with Crippen LogP contribution in [0.25, 0.3) is 5.57 Å². The number of hydrogen-bond acceptors (Lipinski definition) is 3. The first kappa shape index (κ1) is 17.9. The highest BCUT2D eigenvalue weighted by molar-refractivity contribution is 6.04. The summed E-state index contributed by atoms with van der Waals surface area (Å²) in [7, 11) is 3.47. The third-order valence-electron chi connectivity index (χ3n) is 4.43. The van der Waals surface area contributed by atoms with Gasteiger partial charge in [0.05, 0.1) is 0 Å². The van der Waals surface area contributed by atoms with Gasteiger partial charge in [0.2, 0.25) is 0 Å². The lowest BCUT2D eigenvalue weighted by molar-refractivity contribution is -0.128. The van der Waals surface area contributed by atoms with Crippen LogP contribution in [0.3, 0.4) is 0 Å². The van der Waals surface area contributed by atoms with Gasteiger partial charge in [-0.15, -0.1) is 0 Å². The average Bonchev–Trinajstić information content (AvgIpc) is 3.13. The first-order valence-electron chi connectivity index (χ1n) is 8.76. The van der Waals surface area contributed by atoms with E-state index in [1.807, 2.05) is 42.6 Å². The molecule has 5 nitrogen and oxygen atoms in total. The molecule has 0 aromatic heterocycles. The van der Waals surface area contributed by atoms with E-state index >= 15 is 0 Å². The van der Waals surface area contributed by atoms with Crippen LogP contribution >= 0.6 is 0 Å². The fraction of sp³-hybridized carbons (Fsp3) is 0.286. The highest BCUT2D eigenvalue weighted by Gasteiger charge is 2.34. The number of rotatable bonds is 5. The van der Waals surface area contributed by atoms with E-state index in [1.165, 1.54) is 0 Å². The number of hydrogen-bond donors (Lipinski definition) is 0. The van der Waals surface area contributed by atoms with Crippen LogP contribution in [0.4, 0.5) is 0 Å². The number of benzene rings is 1. The van der Waals surface area contributed by atoms with Crippen LogP contribution in [0.15, 0.2) is 59.3 Å². The summed E-state index contributed by atoms with van der Waals surface area (Å²) in [4.78, 5) is 32.6. The third kappa shape index (κ3) is 3.38. The van der Waals surface area contributed by atoms with Gasteiger partial charge in [0.1, 0.15) is 0 Å². The van der Waals surface area contributed by atoms with Gasteiger partial charge in [0.15, 0.2) is 6.04 Å². The van der Waals surface area contributed by atoms with Gasteiger partial charge in [0, 0.05) is 44.2 Å². The Bertz CT molecular complexity index is 847. The van der Waals surface area contributed by atoms with E-state index in [0.717, 1.165) is 23.1 Å². The van der Waals surface area contributed by atoms with Crippen LogP contribution in [0.1, 0.15) is 29.3 Å². The molecule has 0 fully saturated rings. The smallest absolute Gasteiger partial charge is 0.256 e. The summed E-state index contributed by atoms with van der Waals surface area (Å²) in [6, 6.07) is 7.03. The summed E-state index contributed by atoms with van der Waals surface area (Å²) in [6.07, 6.45) is 10.4. The zero-order chi connectivity index (χ0) is 18.7. The lowest BCUT2D eigenvalue weighted by Crippen LogP contribution is -2.39. The van der Waals surface area contributed by atoms with Gasteiger partial charge in [-0.05, 0) is 35.8 Å². The first-order valence-corrected chi connectivity index (χ1v) is 8.76. The molecule has 0 aliphatic carbocycles. The van der Waals surface area contributed by atoms with Gasteiger partial charge >= 0.3 is 0 Å². The molecule has 0 radical (unpaired) electrons. The molecular weight excluding hydrogens is 326 g/mol. The minimum Gasteiger partial charge on any atom is -0.345 e. The van der Waals surface area contributed by atoms with E-state index < -0.39 is 6.04 Å². The normalized spacial score (nSPS) is 18.8. The van der Waals surface area contributed by atoms with Gasteiger partial charge in [0.25, 0.3) is 11.8 Å². The molecule has 134 valence electrons. The molecule has 2 amide bonds. The predicted octanol–water partition coefficient (Wildman–Crippen LogP) is 2.92. The molecule has 2 aliphatic rings. The van der Waals surface area contributed by atoms with Crippen molar-refractivity contribution in [2.75, 3.05) is 20.6 Å². The fourth-order valence-corrected chi connectivity index (χ4v) is 3.08. The Labute approximate surface area is 154 Å². The van der Waals surface area contributed by atoms with Gasteiger partial charge in [-0.25, -0.2) is 0 Å². The van der Waals surface area contributed by atoms with Crippen molar-refractivity contribution in [2.24, 2.45) is 4.99 Å². The van der Waals surface area contributed by atoms with E-state index in [9.17, 15) is 9.59 Å². The largest absolute Gasteiger partial charge is 0.345 e. The van der Waals surface area contributed by atoms with Crippen molar-refractivity contribution >= 4 is 23.6 Å². The zero-order valence-corrected chi connectivity index (χ0v) is 15.3. The number of fused-ring (bicyclic) bond motifs is 1. The Morgan fingerprint density at radius 2 is 2.12 bits per heavy atom. The van der Waals surface area contributed by atoms with Crippen LogP contribution in [-0.2, 0) is 4.79 Å². The van der Waals surface area contributed by atoms with E-state index in [0.29, 0.717) is 12.1 Å². The number of allylic oxidation sites excluding steroid dienone is 2. The average molecular weight is 349 g/mol. The van der Waals surface area contributed by atoms with Crippen molar-refractivity contribution in [3.8, 4) is 0 Å². The summed E-state index contributed by atoms with van der Waals surface area (Å²) in [5.41, 5.74) is 3.36. The Morgan fingerprint density at radius 1 is 1.31 bits per heavy atom. The number of carbonyl (C=O) groups is 2. The number of amides is 2. The Balaban J connectivity index is 2.00. The number of carbonyl (C=O) groups excluding carboxylic acids is 2. The first-order chi connectivity index (χ1) is 12.5. The molecule has 0 N–H and O–H groups in total. The molecule has 3 rings (SSSR count). The summed E-state index contributed by atoms with van der Waals surface area (Å²) >= 11 is 0. The summed E-state index contributed by atoms with van der Waals surface area (Å²) in [5.74, 6) is -0.0645. The molecule has 1 aromatic rings. The van der Waals surface area contributed by atoms with Crippen molar-refractivity contribution in [3.63, 3.8) is 0 Å². The summed E-state index contributed by atoms with van der Waals surface area (Å²) < 4.78 is 0. The monoisotopic (exact) mass is 349 g/mol. The van der Waals surface area contributed by atoms with Crippen molar-refractivity contribution in [3.05, 3.63) is 65.4 Å². The number of aliphatic imine (C=N–C) groups is 1. The highest BCUT2D eigenvalue weighted by Crippen LogP contribution is 2.34. The molecule has 0 saturated heterocycles. The van der Waals surface area contributed by atoms with Crippen LogP contribution in [-0.4, -0.2) is 54.5 Å². The molecule has 1 aromatic carbocycles. The second-order valence-electron chi connectivity index (χ2n) is 6.52. The maximum atomic E-state index is 12.7. The van der Waals surface area contributed by atoms with E-state index in [4.69, 9.17) is 0 Å². The molecule has 1 atom stereocenters. The van der Waals surface area contributed by atoms with Crippen molar-refractivity contribution in [1.82, 2.24) is 9.80 Å². The van der Waals surface area contributed by atoms with Gasteiger partial charge in [-0.3, -0.25) is 14.6 Å². The van der Waals surface area contributed by atoms with Crippen LogP contribution in [0.5, 0.6) is 0 Å². The molecule has 26 heavy (non-hydrogen) atoms. The van der Waals surface area contributed by atoms with Crippen molar-refractivity contribution in [2.45, 2.75) is 19.4 Å².